The molecule has 8 nitrogen and oxygen atoms in total. The first kappa shape index (κ1) is 13.3. The van der Waals surface area contributed by atoms with Crippen molar-refractivity contribution < 1.29 is 4.42 Å². The van der Waals surface area contributed by atoms with E-state index in [1.807, 2.05) is 12.1 Å². The molecule has 0 bridgehead atoms. The number of fused-ring (bicyclic) bond motifs is 1. The number of anilines is 1. The summed E-state index contributed by atoms with van der Waals surface area (Å²) in [5, 5.41) is 12.4. The fraction of sp³-hybridized carbons (Fsp3) is 0.0667. The Morgan fingerprint density at radius 1 is 1.22 bits per heavy atom. The Bertz CT molecular complexity index is 1030. The van der Waals surface area contributed by atoms with Gasteiger partial charge in [0.15, 0.2) is 5.82 Å². The number of nitrogens with zero attached hydrogens (tertiary/aromatic N) is 4. The molecule has 23 heavy (non-hydrogen) atoms. The highest BCUT2D eigenvalue weighted by molar-refractivity contribution is 5.62. The van der Waals surface area contributed by atoms with E-state index < -0.39 is 0 Å². The molecule has 0 radical (unpaired) electrons. The Morgan fingerprint density at radius 3 is 2.91 bits per heavy atom. The number of aromatic amines is 1. The number of aromatic nitrogens is 5. The smallest absolute Gasteiger partial charge is 0.274 e. The lowest BCUT2D eigenvalue weighted by atomic mass is 10.2. The molecule has 0 aliphatic heterocycles. The van der Waals surface area contributed by atoms with Crippen LogP contribution in [0, 0.1) is 0 Å². The summed E-state index contributed by atoms with van der Waals surface area (Å²) in [6, 6.07) is 10.8. The predicted octanol–water partition coefficient (Wildman–Crippen LogP) is 1.25. The fourth-order valence-corrected chi connectivity index (χ4v) is 2.34. The van der Waals surface area contributed by atoms with E-state index in [0.29, 0.717) is 23.0 Å². The minimum Gasteiger partial charge on any atom is -0.469 e. The lowest BCUT2D eigenvalue weighted by Crippen LogP contribution is -2.19. The molecular weight excluding hydrogens is 296 g/mol. The number of hydrogen-bond donors (Lipinski definition) is 2. The minimum atomic E-state index is -0.319. The number of benzene rings is 1. The van der Waals surface area contributed by atoms with Gasteiger partial charge in [0.25, 0.3) is 11.3 Å². The molecule has 0 fully saturated rings. The van der Waals surface area contributed by atoms with Crippen LogP contribution >= 0.6 is 0 Å². The summed E-state index contributed by atoms with van der Waals surface area (Å²) < 4.78 is 6.76. The Balaban J connectivity index is 1.86. The third-order valence-electron chi connectivity index (χ3n) is 3.42. The Morgan fingerprint density at radius 2 is 2.13 bits per heavy atom. The van der Waals surface area contributed by atoms with Crippen LogP contribution in [0.15, 0.2) is 51.9 Å². The van der Waals surface area contributed by atoms with Gasteiger partial charge in [-0.25, -0.2) is 0 Å². The fourth-order valence-electron chi connectivity index (χ4n) is 2.34. The number of furan rings is 1. The van der Waals surface area contributed by atoms with Crippen molar-refractivity contribution in [2.45, 2.75) is 6.42 Å². The molecule has 3 aromatic heterocycles. The normalized spacial score (nSPS) is 11.1. The zero-order valence-corrected chi connectivity index (χ0v) is 11.9. The highest BCUT2D eigenvalue weighted by Gasteiger charge is 2.14. The Labute approximate surface area is 129 Å². The number of nitrogens with two attached hydrogens (primary N) is 1. The van der Waals surface area contributed by atoms with Crippen LogP contribution in [0.1, 0.15) is 11.5 Å². The van der Waals surface area contributed by atoms with Crippen LogP contribution in [0.5, 0.6) is 0 Å². The third-order valence-corrected chi connectivity index (χ3v) is 3.42. The average Bonchev–Trinajstić information content (AvgIpc) is 3.17. The molecular formula is C15H12N6O2. The summed E-state index contributed by atoms with van der Waals surface area (Å²) in [5.74, 6) is 1.43. The van der Waals surface area contributed by atoms with Gasteiger partial charge in [-0.15, -0.1) is 10.2 Å². The van der Waals surface area contributed by atoms with Gasteiger partial charge in [-0.05, 0) is 24.3 Å². The number of nitrogen functional groups attached to an aromatic ring is 1. The molecule has 1 aromatic carbocycles. The number of nitrogens with one attached hydrogen (secondary N) is 1. The average molecular weight is 308 g/mol. The second-order valence-electron chi connectivity index (χ2n) is 5.04. The molecule has 0 atom stereocenters. The van der Waals surface area contributed by atoms with Gasteiger partial charge in [-0.1, -0.05) is 12.1 Å². The maximum absolute atomic E-state index is 12.1. The zero-order valence-electron chi connectivity index (χ0n) is 11.9. The van der Waals surface area contributed by atoms with Crippen LogP contribution in [-0.2, 0) is 6.42 Å². The number of hydrogen-bond acceptors (Lipinski definition) is 6. The molecule has 0 amide bonds. The van der Waals surface area contributed by atoms with Crippen molar-refractivity contribution in [1.29, 1.82) is 0 Å². The zero-order chi connectivity index (χ0) is 15.8. The highest BCUT2D eigenvalue weighted by Crippen LogP contribution is 2.19. The lowest BCUT2D eigenvalue weighted by molar-refractivity contribution is 0.517. The van der Waals surface area contributed by atoms with Crippen molar-refractivity contribution in [3.8, 4) is 11.4 Å². The summed E-state index contributed by atoms with van der Waals surface area (Å²) in [6.45, 7) is 0. The van der Waals surface area contributed by atoms with Gasteiger partial charge >= 0.3 is 0 Å². The summed E-state index contributed by atoms with van der Waals surface area (Å²) in [7, 11) is 0. The summed E-state index contributed by atoms with van der Waals surface area (Å²) >= 11 is 0. The standard InChI is InChI=1S/C15H12N6O2/c16-10-4-1-3-9(7-10)13-18-19-15-17-14(22)12(20-21(13)15)8-11-5-2-6-23-11/h1-7H,8,16H2,(H,17,19,22). The third kappa shape index (κ3) is 2.35. The molecule has 0 aliphatic carbocycles. The quantitative estimate of drug-likeness (QED) is 0.550. The van der Waals surface area contributed by atoms with Gasteiger partial charge in [-0.2, -0.15) is 9.61 Å². The highest BCUT2D eigenvalue weighted by atomic mass is 16.3. The van der Waals surface area contributed by atoms with Gasteiger partial charge in [0.1, 0.15) is 11.5 Å². The molecule has 0 aliphatic rings. The van der Waals surface area contributed by atoms with E-state index in [9.17, 15) is 4.79 Å². The first-order valence-corrected chi connectivity index (χ1v) is 6.93. The molecule has 0 unspecified atom stereocenters. The van der Waals surface area contributed by atoms with Gasteiger partial charge in [0.05, 0.1) is 12.7 Å². The van der Waals surface area contributed by atoms with Crippen molar-refractivity contribution >= 4 is 11.5 Å². The number of H-pyrrole nitrogens is 1. The first-order chi connectivity index (χ1) is 11.2. The van der Waals surface area contributed by atoms with E-state index in [0.717, 1.165) is 5.56 Å². The molecule has 3 heterocycles. The van der Waals surface area contributed by atoms with Crippen molar-refractivity contribution in [3.63, 3.8) is 0 Å². The topological polar surface area (TPSA) is 115 Å². The van der Waals surface area contributed by atoms with E-state index in [4.69, 9.17) is 10.2 Å². The van der Waals surface area contributed by atoms with Gasteiger partial charge in [0.2, 0.25) is 0 Å². The minimum absolute atomic E-state index is 0.274. The maximum Gasteiger partial charge on any atom is 0.274 e. The van der Waals surface area contributed by atoms with Crippen LogP contribution in [0.4, 0.5) is 5.69 Å². The molecule has 0 saturated heterocycles. The first-order valence-electron chi connectivity index (χ1n) is 6.93. The van der Waals surface area contributed by atoms with Crippen molar-refractivity contribution in [1.82, 2.24) is 24.8 Å². The largest absolute Gasteiger partial charge is 0.469 e. The van der Waals surface area contributed by atoms with Crippen molar-refractivity contribution in [3.05, 3.63) is 64.5 Å². The Hall–Kier alpha value is -3.42. The predicted molar refractivity (Wildman–Crippen MR) is 82.8 cm³/mol. The second-order valence-corrected chi connectivity index (χ2v) is 5.04. The molecule has 4 aromatic rings. The summed E-state index contributed by atoms with van der Waals surface area (Å²) in [5.41, 5.74) is 7.18. The number of rotatable bonds is 3. The maximum atomic E-state index is 12.1. The Kier molecular flexibility index (Phi) is 2.94. The van der Waals surface area contributed by atoms with E-state index in [2.05, 4.69) is 20.3 Å². The van der Waals surface area contributed by atoms with E-state index in [-0.39, 0.29) is 17.8 Å². The van der Waals surface area contributed by atoms with Gasteiger partial charge < -0.3 is 10.2 Å². The monoisotopic (exact) mass is 308 g/mol. The van der Waals surface area contributed by atoms with E-state index in [1.54, 1.807) is 30.5 Å². The summed E-state index contributed by atoms with van der Waals surface area (Å²) in [6.07, 6.45) is 1.84. The molecule has 0 spiro atoms. The van der Waals surface area contributed by atoms with Crippen LogP contribution in [-0.4, -0.2) is 24.8 Å². The molecule has 0 saturated carbocycles. The van der Waals surface area contributed by atoms with Gasteiger partial charge in [-0.3, -0.25) is 9.78 Å². The van der Waals surface area contributed by atoms with E-state index in [1.165, 1.54) is 4.52 Å². The van der Waals surface area contributed by atoms with E-state index >= 15 is 0 Å². The molecule has 114 valence electrons. The van der Waals surface area contributed by atoms with Crippen molar-refractivity contribution in [2.75, 3.05) is 5.73 Å². The van der Waals surface area contributed by atoms with Crippen LogP contribution < -0.4 is 11.3 Å². The molecule has 4 rings (SSSR count). The van der Waals surface area contributed by atoms with Crippen molar-refractivity contribution in [2.24, 2.45) is 0 Å². The van der Waals surface area contributed by atoms with Crippen LogP contribution in [0.3, 0.4) is 0 Å². The van der Waals surface area contributed by atoms with Crippen LogP contribution in [0.25, 0.3) is 17.2 Å². The lowest BCUT2D eigenvalue weighted by Gasteiger charge is -2.02. The molecule has 3 N–H and O–H groups in total. The second kappa shape index (κ2) is 5.09. The summed E-state index contributed by atoms with van der Waals surface area (Å²) in [4.78, 5) is 14.8. The van der Waals surface area contributed by atoms with Crippen LogP contribution in [0.2, 0.25) is 0 Å². The van der Waals surface area contributed by atoms with Gasteiger partial charge in [0, 0.05) is 11.3 Å². The SMILES string of the molecule is Nc1cccc(-c2nnc3[nH]c(=O)c(Cc4ccco4)nn23)c1. The molecule has 8 heteroatoms.